The van der Waals surface area contributed by atoms with E-state index in [9.17, 15) is 18.0 Å². The molecule has 0 spiro atoms. The molecule has 4 nitrogen and oxygen atoms in total. The van der Waals surface area contributed by atoms with Crippen LogP contribution in [0, 0.1) is 17.5 Å². The number of halogens is 4. The van der Waals surface area contributed by atoms with E-state index in [0.29, 0.717) is 21.7 Å². The van der Waals surface area contributed by atoms with Gasteiger partial charge in [-0.2, -0.15) is 0 Å². The normalized spacial score (nSPS) is 10.6. The van der Waals surface area contributed by atoms with Crippen molar-refractivity contribution in [2.75, 3.05) is 18.5 Å². The summed E-state index contributed by atoms with van der Waals surface area (Å²) in [7, 11) is 0. The molecular formula is C23H19ClF3NO3. The van der Waals surface area contributed by atoms with Crippen molar-refractivity contribution < 1.29 is 27.4 Å². The van der Waals surface area contributed by atoms with Gasteiger partial charge in [0.2, 0.25) is 0 Å². The molecule has 0 bridgehead atoms. The van der Waals surface area contributed by atoms with Crippen molar-refractivity contribution in [3.8, 4) is 16.9 Å². The summed E-state index contributed by atoms with van der Waals surface area (Å²) in [4.78, 5) is 11.4. The lowest BCUT2D eigenvalue weighted by Gasteiger charge is -2.14. The molecule has 0 saturated heterocycles. The SMILES string of the molecule is CCOC(=O)COc1ccc(F)c(NCc2cc(-c3cccc(F)c3)ccc2Cl)c1F. The molecule has 3 aromatic carbocycles. The van der Waals surface area contributed by atoms with Crippen LogP contribution in [0.2, 0.25) is 5.02 Å². The minimum Gasteiger partial charge on any atom is -0.479 e. The minimum absolute atomic E-state index is 0.00282. The predicted octanol–water partition coefficient (Wildman–Crippen LogP) is 5.98. The quantitative estimate of drug-likeness (QED) is 0.430. The molecule has 0 radical (unpaired) electrons. The predicted molar refractivity (Wildman–Crippen MR) is 113 cm³/mol. The fraction of sp³-hybridized carbons (Fsp3) is 0.174. The van der Waals surface area contributed by atoms with Crippen molar-refractivity contribution in [3.63, 3.8) is 0 Å². The summed E-state index contributed by atoms with van der Waals surface area (Å²) in [6.07, 6.45) is 0. The second-order valence-electron chi connectivity index (χ2n) is 6.50. The highest BCUT2D eigenvalue weighted by Crippen LogP contribution is 2.30. The molecule has 0 atom stereocenters. The summed E-state index contributed by atoms with van der Waals surface area (Å²) in [6, 6.07) is 13.2. The maximum Gasteiger partial charge on any atom is 0.344 e. The molecule has 0 fully saturated rings. The Bertz CT molecular complexity index is 1090. The van der Waals surface area contributed by atoms with E-state index in [1.54, 1.807) is 37.3 Å². The number of hydrogen-bond acceptors (Lipinski definition) is 4. The van der Waals surface area contributed by atoms with Crippen molar-refractivity contribution in [1.29, 1.82) is 0 Å². The van der Waals surface area contributed by atoms with Gasteiger partial charge in [-0.25, -0.2) is 18.0 Å². The number of carbonyl (C=O) groups is 1. The van der Waals surface area contributed by atoms with Crippen LogP contribution in [-0.2, 0) is 16.1 Å². The molecule has 3 aromatic rings. The van der Waals surface area contributed by atoms with Gasteiger partial charge in [0.15, 0.2) is 18.2 Å². The third-order valence-electron chi connectivity index (χ3n) is 4.37. The van der Waals surface area contributed by atoms with Gasteiger partial charge in [-0.15, -0.1) is 0 Å². The highest BCUT2D eigenvalue weighted by molar-refractivity contribution is 6.31. The Labute approximate surface area is 182 Å². The Morgan fingerprint density at radius 3 is 2.55 bits per heavy atom. The maximum absolute atomic E-state index is 14.7. The molecule has 0 aliphatic heterocycles. The lowest BCUT2D eigenvalue weighted by Crippen LogP contribution is -2.15. The average molecular weight is 450 g/mol. The van der Waals surface area contributed by atoms with E-state index in [0.717, 1.165) is 12.1 Å². The summed E-state index contributed by atoms with van der Waals surface area (Å²) < 4.78 is 52.3. The first kappa shape index (κ1) is 22.5. The van der Waals surface area contributed by atoms with E-state index < -0.39 is 29.9 Å². The molecule has 3 rings (SSSR count). The third-order valence-corrected chi connectivity index (χ3v) is 4.73. The van der Waals surface area contributed by atoms with E-state index in [2.05, 4.69) is 5.32 Å². The molecule has 0 saturated carbocycles. The Morgan fingerprint density at radius 1 is 1.03 bits per heavy atom. The Morgan fingerprint density at radius 2 is 1.81 bits per heavy atom. The highest BCUT2D eigenvalue weighted by Gasteiger charge is 2.17. The number of benzene rings is 3. The number of esters is 1. The summed E-state index contributed by atoms with van der Waals surface area (Å²) in [5, 5.41) is 3.05. The van der Waals surface area contributed by atoms with E-state index >= 15 is 0 Å². The van der Waals surface area contributed by atoms with Crippen LogP contribution in [0.5, 0.6) is 5.75 Å². The van der Waals surface area contributed by atoms with E-state index in [-0.39, 0.29) is 24.7 Å². The first-order valence-electron chi connectivity index (χ1n) is 9.43. The monoisotopic (exact) mass is 449 g/mol. The number of carbonyl (C=O) groups excluding carboxylic acids is 1. The van der Waals surface area contributed by atoms with Crippen LogP contribution in [0.3, 0.4) is 0 Å². The zero-order chi connectivity index (χ0) is 22.4. The lowest BCUT2D eigenvalue weighted by atomic mass is 10.0. The summed E-state index contributed by atoms with van der Waals surface area (Å²) >= 11 is 6.23. The van der Waals surface area contributed by atoms with Gasteiger partial charge in [0.1, 0.15) is 17.3 Å². The molecule has 31 heavy (non-hydrogen) atoms. The molecule has 1 N–H and O–H groups in total. The molecular weight excluding hydrogens is 431 g/mol. The molecule has 8 heteroatoms. The van der Waals surface area contributed by atoms with Crippen molar-refractivity contribution in [2.45, 2.75) is 13.5 Å². The van der Waals surface area contributed by atoms with Gasteiger partial charge in [-0.1, -0.05) is 29.8 Å². The summed E-state index contributed by atoms with van der Waals surface area (Å²) in [5.74, 6) is -3.16. The Hall–Kier alpha value is -3.19. The highest BCUT2D eigenvalue weighted by atomic mass is 35.5. The van der Waals surface area contributed by atoms with Gasteiger partial charge in [0, 0.05) is 11.6 Å². The summed E-state index contributed by atoms with van der Waals surface area (Å²) in [5.41, 5.74) is 1.48. The van der Waals surface area contributed by atoms with Crippen LogP contribution in [0.15, 0.2) is 54.6 Å². The Kier molecular flexibility index (Phi) is 7.41. The molecule has 0 amide bonds. The number of ether oxygens (including phenoxy) is 2. The zero-order valence-corrected chi connectivity index (χ0v) is 17.3. The van der Waals surface area contributed by atoms with Gasteiger partial charge < -0.3 is 14.8 Å². The average Bonchev–Trinajstić information content (AvgIpc) is 2.74. The maximum atomic E-state index is 14.7. The molecule has 162 valence electrons. The van der Waals surface area contributed by atoms with Crippen LogP contribution in [0.25, 0.3) is 11.1 Å². The second-order valence-corrected chi connectivity index (χ2v) is 6.91. The molecule has 0 unspecified atom stereocenters. The third kappa shape index (κ3) is 5.70. The molecule has 0 aliphatic rings. The fourth-order valence-electron chi connectivity index (χ4n) is 2.89. The summed E-state index contributed by atoms with van der Waals surface area (Å²) in [6.45, 7) is 1.29. The molecule has 0 aromatic heterocycles. The van der Waals surface area contributed by atoms with E-state index in [4.69, 9.17) is 21.1 Å². The molecule has 0 aliphatic carbocycles. The van der Waals surface area contributed by atoms with E-state index in [1.807, 2.05) is 0 Å². The second kappa shape index (κ2) is 10.2. The number of nitrogens with one attached hydrogen (secondary N) is 1. The standard InChI is InChI=1S/C23H19ClF3NO3/c1-2-30-21(29)13-31-20-9-8-19(26)23(22(20)27)28-12-16-10-15(6-7-18(16)24)14-4-3-5-17(25)11-14/h3-11,28H,2,12-13H2,1H3. The van der Waals surface area contributed by atoms with E-state index in [1.165, 1.54) is 12.1 Å². The minimum atomic E-state index is -0.985. The van der Waals surface area contributed by atoms with Crippen LogP contribution < -0.4 is 10.1 Å². The van der Waals surface area contributed by atoms with Crippen LogP contribution in [-0.4, -0.2) is 19.2 Å². The topological polar surface area (TPSA) is 47.6 Å². The first-order valence-corrected chi connectivity index (χ1v) is 9.81. The smallest absolute Gasteiger partial charge is 0.344 e. The van der Waals surface area contributed by atoms with Gasteiger partial charge in [0.25, 0.3) is 0 Å². The number of hydrogen-bond donors (Lipinski definition) is 1. The van der Waals surface area contributed by atoms with Gasteiger partial charge in [-0.05, 0) is 60.0 Å². The van der Waals surface area contributed by atoms with Gasteiger partial charge in [0.05, 0.1) is 6.61 Å². The van der Waals surface area contributed by atoms with Gasteiger partial charge in [-0.3, -0.25) is 0 Å². The number of rotatable bonds is 8. The fourth-order valence-corrected chi connectivity index (χ4v) is 3.07. The number of anilines is 1. The van der Waals surface area contributed by atoms with Crippen LogP contribution >= 0.6 is 11.6 Å². The first-order chi connectivity index (χ1) is 14.9. The van der Waals surface area contributed by atoms with Crippen LogP contribution in [0.1, 0.15) is 12.5 Å². The molecule has 0 heterocycles. The van der Waals surface area contributed by atoms with Crippen molar-refractivity contribution in [2.24, 2.45) is 0 Å². The van der Waals surface area contributed by atoms with Crippen LogP contribution in [0.4, 0.5) is 18.9 Å². The van der Waals surface area contributed by atoms with Crippen molar-refractivity contribution in [3.05, 3.63) is 82.6 Å². The largest absolute Gasteiger partial charge is 0.479 e. The van der Waals surface area contributed by atoms with Crippen molar-refractivity contribution >= 4 is 23.3 Å². The van der Waals surface area contributed by atoms with Crippen molar-refractivity contribution in [1.82, 2.24) is 0 Å². The zero-order valence-electron chi connectivity index (χ0n) is 16.6. The lowest BCUT2D eigenvalue weighted by molar-refractivity contribution is -0.145. The van der Waals surface area contributed by atoms with Gasteiger partial charge >= 0.3 is 5.97 Å². The Balaban J connectivity index is 1.78.